The van der Waals surface area contributed by atoms with Crippen LogP contribution in [0.25, 0.3) is 11.4 Å². The Balaban J connectivity index is 1.55. The molecule has 0 atom stereocenters. The van der Waals surface area contributed by atoms with Crippen LogP contribution < -0.4 is 5.43 Å². The first-order valence-corrected chi connectivity index (χ1v) is 9.00. The minimum Gasteiger partial charge on any atom is -0.305 e. The normalized spacial score (nSPS) is 11.0. The van der Waals surface area contributed by atoms with Gasteiger partial charge in [0.25, 0.3) is 5.91 Å². The number of halogens is 1. The molecule has 0 fully saturated rings. The van der Waals surface area contributed by atoms with Gasteiger partial charge in [0.2, 0.25) is 0 Å². The molecule has 0 unspecified atom stereocenters. The molecule has 1 amide bonds. The van der Waals surface area contributed by atoms with Crippen LogP contribution >= 0.6 is 23.4 Å². The summed E-state index contributed by atoms with van der Waals surface area (Å²) in [7, 11) is 1.85. The van der Waals surface area contributed by atoms with Crippen molar-refractivity contribution in [3.8, 4) is 11.4 Å². The summed E-state index contributed by atoms with van der Waals surface area (Å²) in [4.78, 5) is 15.8. The number of thioether (sulfide) groups is 1. The first-order chi connectivity index (χ1) is 12.6. The third-order valence-electron chi connectivity index (χ3n) is 3.38. The van der Waals surface area contributed by atoms with Crippen LogP contribution in [0.3, 0.4) is 0 Å². The van der Waals surface area contributed by atoms with E-state index in [0.717, 1.165) is 11.1 Å². The molecule has 132 valence electrons. The molecule has 0 aliphatic carbocycles. The Labute approximate surface area is 159 Å². The fraction of sp³-hybridized carbons (Fsp3) is 0.118. The van der Waals surface area contributed by atoms with E-state index < -0.39 is 0 Å². The van der Waals surface area contributed by atoms with Crippen molar-refractivity contribution in [1.82, 2.24) is 25.2 Å². The molecule has 1 aromatic carbocycles. The number of hydrogen-bond acceptors (Lipinski definition) is 6. The van der Waals surface area contributed by atoms with Crippen molar-refractivity contribution in [1.29, 1.82) is 0 Å². The maximum absolute atomic E-state index is 11.9. The minimum absolute atomic E-state index is 0.181. The second kappa shape index (κ2) is 8.59. The summed E-state index contributed by atoms with van der Waals surface area (Å²) in [6, 6.07) is 10.9. The van der Waals surface area contributed by atoms with E-state index >= 15 is 0 Å². The number of nitrogens with one attached hydrogen (secondary N) is 1. The Morgan fingerprint density at radius 3 is 2.69 bits per heavy atom. The summed E-state index contributed by atoms with van der Waals surface area (Å²) in [5, 5.41) is 13.5. The van der Waals surface area contributed by atoms with E-state index in [1.165, 1.54) is 11.8 Å². The Morgan fingerprint density at radius 1 is 1.23 bits per heavy atom. The summed E-state index contributed by atoms with van der Waals surface area (Å²) < 4.78 is 1.83. The van der Waals surface area contributed by atoms with Crippen LogP contribution in [0.4, 0.5) is 0 Å². The van der Waals surface area contributed by atoms with E-state index in [0.29, 0.717) is 16.0 Å². The van der Waals surface area contributed by atoms with Gasteiger partial charge in [0.1, 0.15) is 0 Å². The molecule has 0 saturated carbocycles. The van der Waals surface area contributed by atoms with Gasteiger partial charge in [-0.3, -0.25) is 9.78 Å². The number of carbonyl (C=O) groups is 1. The third-order valence-corrected chi connectivity index (χ3v) is 4.65. The van der Waals surface area contributed by atoms with Gasteiger partial charge in [-0.1, -0.05) is 23.4 Å². The van der Waals surface area contributed by atoms with Crippen LogP contribution in [0.1, 0.15) is 5.56 Å². The number of benzene rings is 1. The highest BCUT2D eigenvalue weighted by molar-refractivity contribution is 7.99. The molecule has 1 N–H and O–H groups in total. The molecule has 0 radical (unpaired) electrons. The first-order valence-electron chi connectivity index (χ1n) is 7.63. The summed E-state index contributed by atoms with van der Waals surface area (Å²) in [5.41, 5.74) is 4.24. The van der Waals surface area contributed by atoms with Crippen LogP contribution in [0.5, 0.6) is 0 Å². The lowest BCUT2D eigenvalue weighted by Gasteiger charge is -2.03. The highest BCUT2D eigenvalue weighted by atomic mass is 35.5. The van der Waals surface area contributed by atoms with Gasteiger partial charge >= 0.3 is 0 Å². The van der Waals surface area contributed by atoms with E-state index in [1.807, 2.05) is 23.7 Å². The Morgan fingerprint density at radius 2 is 1.96 bits per heavy atom. The molecule has 0 spiro atoms. The number of carbonyl (C=O) groups excluding carboxylic acids is 1. The molecular weight excluding hydrogens is 372 g/mol. The lowest BCUT2D eigenvalue weighted by atomic mass is 10.2. The number of amides is 1. The van der Waals surface area contributed by atoms with E-state index in [4.69, 9.17) is 11.6 Å². The molecule has 26 heavy (non-hydrogen) atoms. The molecule has 3 rings (SSSR count). The predicted octanol–water partition coefficient (Wildman–Crippen LogP) is 2.77. The van der Waals surface area contributed by atoms with Crippen molar-refractivity contribution in [2.45, 2.75) is 5.16 Å². The van der Waals surface area contributed by atoms with E-state index in [2.05, 4.69) is 25.7 Å². The Hall–Kier alpha value is -2.71. The summed E-state index contributed by atoms with van der Waals surface area (Å²) >= 11 is 7.19. The largest absolute Gasteiger partial charge is 0.305 e. The van der Waals surface area contributed by atoms with Gasteiger partial charge in [0.15, 0.2) is 11.0 Å². The van der Waals surface area contributed by atoms with Crippen LogP contribution in [-0.2, 0) is 11.8 Å². The summed E-state index contributed by atoms with van der Waals surface area (Å²) in [5.74, 6) is 0.664. The van der Waals surface area contributed by atoms with Crippen molar-refractivity contribution in [3.05, 3.63) is 59.4 Å². The van der Waals surface area contributed by atoms with Gasteiger partial charge in [-0.15, -0.1) is 10.2 Å². The van der Waals surface area contributed by atoms with Crippen LogP contribution in [-0.4, -0.2) is 37.6 Å². The highest BCUT2D eigenvalue weighted by Gasteiger charge is 2.12. The zero-order valence-electron chi connectivity index (χ0n) is 13.8. The Kier molecular flexibility index (Phi) is 5.98. The average Bonchev–Trinajstić information content (AvgIpc) is 3.02. The van der Waals surface area contributed by atoms with Crippen molar-refractivity contribution in [2.24, 2.45) is 12.1 Å². The third kappa shape index (κ3) is 4.68. The highest BCUT2D eigenvalue weighted by Crippen LogP contribution is 2.23. The van der Waals surface area contributed by atoms with Crippen molar-refractivity contribution >= 4 is 35.5 Å². The number of rotatable bonds is 6. The van der Waals surface area contributed by atoms with Gasteiger partial charge in [-0.2, -0.15) is 5.10 Å². The Bertz CT molecular complexity index is 911. The zero-order chi connectivity index (χ0) is 18.4. The van der Waals surface area contributed by atoms with Crippen molar-refractivity contribution in [3.63, 3.8) is 0 Å². The number of nitrogens with zero attached hydrogens (tertiary/aromatic N) is 5. The standard InChI is InChI=1S/C17H15ClN6OS/c1-24-16(13-2-4-14(18)5-3-13)22-23-17(24)26-11-15(25)21-20-10-12-6-8-19-9-7-12/h2-10H,11H2,1H3,(H,21,25). The molecule has 0 saturated heterocycles. The topological polar surface area (TPSA) is 85.1 Å². The zero-order valence-corrected chi connectivity index (χ0v) is 15.4. The number of pyridine rings is 1. The number of hydrazone groups is 1. The van der Waals surface area contributed by atoms with E-state index in [9.17, 15) is 4.79 Å². The molecule has 0 aliphatic rings. The summed E-state index contributed by atoms with van der Waals surface area (Å²) in [6.45, 7) is 0. The molecular formula is C17H15ClN6OS. The fourth-order valence-corrected chi connectivity index (χ4v) is 2.91. The van der Waals surface area contributed by atoms with E-state index in [-0.39, 0.29) is 11.7 Å². The average molecular weight is 387 g/mol. The van der Waals surface area contributed by atoms with Gasteiger partial charge in [0, 0.05) is 30.0 Å². The molecule has 2 aromatic heterocycles. The first kappa shape index (κ1) is 18.1. The molecule has 0 aliphatic heterocycles. The lowest BCUT2D eigenvalue weighted by molar-refractivity contribution is -0.118. The molecule has 0 bridgehead atoms. The second-order valence-electron chi connectivity index (χ2n) is 5.23. The van der Waals surface area contributed by atoms with E-state index in [1.54, 1.807) is 42.9 Å². The van der Waals surface area contributed by atoms with Gasteiger partial charge in [0.05, 0.1) is 12.0 Å². The number of hydrogen-bond donors (Lipinski definition) is 1. The molecule has 3 aromatic rings. The van der Waals surface area contributed by atoms with Crippen molar-refractivity contribution in [2.75, 3.05) is 5.75 Å². The maximum Gasteiger partial charge on any atom is 0.250 e. The minimum atomic E-state index is -0.226. The summed E-state index contributed by atoms with van der Waals surface area (Å²) in [6.07, 6.45) is 4.88. The van der Waals surface area contributed by atoms with Gasteiger partial charge in [-0.05, 0) is 42.0 Å². The van der Waals surface area contributed by atoms with Crippen LogP contribution in [0.2, 0.25) is 5.02 Å². The monoisotopic (exact) mass is 386 g/mol. The predicted molar refractivity (Wildman–Crippen MR) is 102 cm³/mol. The molecule has 9 heteroatoms. The smallest absolute Gasteiger partial charge is 0.250 e. The fourth-order valence-electron chi connectivity index (χ4n) is 2.08. The van der Waals surface area contributed by atoms with Gasteiger partial charge in [-0.25, -0.2) is 5.43 Å². The lowest BCUT2D eigenvalue weighted by Crippen LogP contribution is -2.19. The van der Waals surface area contributed by atoms with Gasteiger partial charge < -0.3 is 4.57 Å². The molecule has 7 nitrogen and oxygen atoms in total. The quantitative estimate of drug-likeness (QED) is 0.400. The molecule has 2 heterocycles. The van der Waals surface area contributed by atoms with Crippen LogP contribution in [0.15, 0.2) is 59.0 Å². The van der Waals surface area contributed by atoms with Crippen molar-refractivity contribution < 1.29 is 4.79 Å². The number of aromatic nitrogens is 4. The maximum atomic E-state index is 11.9. The van der Waals surface area contributed by atoms with Crippen LogP contribution in [0, 0.1) is 0 Å². The second-order valence-corrected chi connectivity index (χ2v) is 6.61. The SMILES string of the molecule is Cn1c(SCC(=O)NN=Cc2ccncc2)nnc1-c1ccc(Cl)cc1.